The molecule has 1 unspecified atom stereocenters. The predicted octanol–water partition coefficient (Wildman–Crippen LogP) is -0.791. The van der Waals surface area contributed by atoms with Crippen LogP contribution in [0.5, 0.6) is 0 Å². The molecule has 6 heteroatoms. The number of nitrogens with one attached hydrogen (secondary N) is 1. The van der Waals surface area contributed by atoms with Gasteiger partial charge in [0.2, 0.25) is 11.8 Å². The van der Waals surface area contributed by atoms with Crippen LogP contribution in [0.3, 0.4) is 0 Å². The van der Waals surface area contributed by atoms with E-state index in [4.69, 9.17) is 11.5 Å². The molecule has 0 aliphatic rings. The fourth-order valence-electron chi connectivity index (χ4n) is 1.30. The normalized spacial score (nSPS) is 11.9. The standard InChI is InChI=1S/C11H16N4O2/c1-7-2-3-14-5-8(7)6-15-11(17)9(12)4-10(13)16/h2-3,5,9H,4,6,12H2,1H3,(H2,13,16)(H,15,17). The van der Waals surface area contributed by atoms with E-state index in [9.17, 15) is 9.59 Å². The molecule has 1 aromatic rings. The van der Waals surface area contributed by atoms with Gasteiger partial charge in [0.05, 0.1) is 12.5 Å². The minimum Gasteiger partial charge on any atom is -0.370 e. The maximum Gasteiger partial charge on any atom is 0.237 e. The third-order valence-corrected chi connectivity index (χ3v) is 2.36. The van der Waals surface area contributed by atoms with Crippen LogP contribution >= 0.6 is 0 Å². The Morgan fingerprint density at radius 1 is 1.53 bits per heavy atom. The molecule has 1 aromatic heterocycles. The summed E-state index contributed by atoms with van der Waals surface area (Å²) in [7, 11) is 0. The molecular formula is C11H16N4O2. The molecule has 6 nitrogen and oxygen atoms in total. The molecule has 17 heavy (non-hydrogen) atoms. The van der Waals surface area contributed by atoms with E-state index in [-0.39, 0.29) is 6.42 Å². The molecule has 0 radical (unpaired) electrons. The first-order valence-electron chi connectivity index (χ1n) is 5.21. The second kappa shape index (κ2) is 5.95. The number of primary amides is 1. The van der Waals surface area contributed by atoms with Crippen LogP contribution in [0.1, 0.15) is 17.5 Å². The number of rotatable bonds is 5. The van der Waals surface area contributed by atoms with Gasteiger partial charge in [0.25, 0.3) is 0 Å². The quantitative estimate of drug-likeness (QED) is 0.622. The lowest BCUT2D eigenvalue weighted by Gasteiger charge is -2.11. The molecule has 0 saturated heterocycles. The van der Waals surface area contributed by atoms with E-state index >= 15 is 0 Å². The number of hydrogen-bond donors (Lipinski definition) is 3. The average molecular weight is 236 g/mol. The number of carbonyl (C=O) groups is 2. The number of nitrogens with two attached hydrogens (primary N) is 2. The fourth-order valence-corrected chi connectivity index (χ4v) is 1.30. The zero-order chi connectivity index (χ0) is 12.8. The second-order valence-electron chi connectivity index (χ2n) is 3.80. The van der Waals surface area contributed by atoms with Crippen LogP contribution in [0.25, 0.3) is 0 Å². The topological polar surface area (TPSA) is 111 Å². The molecule has 0 aliphatic carbocycles. The number of carbonyl (C=O) groups excluding carboxylic acids is 2. The molecular weight excluding hydrogens is 220 g/mol. The number of pyridine rings is 1. The molecule has 1 atom stereocenters. The number of aryl methyl sites for hydroxylation is 1. The van der Waals surface area contributed by atoms with Crippen LogP contribution in [0.4, 0.5) is 0 Å². The molecule has 92 valence electrons. The molecule has 0 fully saturated rings. The van der Waals surface area contributed by atoms with E-state index in [2.05, 4.69) is 10.3 Å². The van der Waals surface area contributed by atoms with Crippen LogP contribution in [0.2, 0.25) is 0 Å². The van der Waals surface area contributed by atoms with Crippen LogP contribution in [0, 0.1) is 6.92 Å². The zero-order valence-corrected chi connectivity index (χ0v) is 9.64. The zero-order valence-electron chi connectivity index (χ0n) is 9.64. The smallest absolute Gasteiger partial charge is 0.237 e. The van der Waals surface area contributed by atoms with E-state index in [1.807, 2.05) is 13.0 Å². The van der Waals surface area contributed by atoms with Gasteiger partial charge in [-0.25, -0.2) is 0 Å². The molecule has 0 saturated carbocycles. The molecule has 0 aliphatic heterocycles. The maximum absolute atomic E-state index is 11.5. The van der Waals surface area contributed by atoms with Gasteiger partial charge in [-0.05, 0) is 24.1 Å². The number of amides is 2. The van der Waals surface area contributed by atoms with Crippen molar-refractivity contribution in [2.24, 2.45) is 11.5 Å². The van der Waals surface area contributed by atoms with E-state index < -0.39 is 17.9 Å². The lowest BCUT2D eigenvalue weighted by Crippen LogP contribution is -2.42. The van der Waals surface area contributed by atoms with Gasteiger partial charge in [0.15, 0.2) is 0 Å². The first-order valence-corrected chi connectivity index (χ1v) is 5.21. The SMILES string of the molecule is Cc1ccncc1CNC(=O)C(N)CC(N)=O. The summed E-state index contributed by atoms with van der Waals surface area (Å²) in [4.78, 5) is 26.1. The lowest BCUT2D eigenvalue weighted by molar-refractivity contribution is -0.126. The van der Waals surface area contributed by atoms with Crippen LogP contribution in [-0.4, -0.2) is 22.8 Å². The highest BCUT2D eigenvalue weighted by Gasteiger charge is 2.15. The summed E-state index contributed by atoms with van der Waals surface area (Å²) in [5, 5.41) is 2.63. The Morgan fingerprint density at radius 2 is 2.24 bits per heavy atom. The second-order valence-corrected chi connectivity index (χ2v) is 3.80. The third kappa shape index (κ3) is 4.20. The highest BCUT2D eigenvalue weighted by atomic mass is 16.2. The van der Waals surface area contributed by atoms with Crippen LogP contribution in [0.15, 0.2) is 18.5 Å². The minimum atomic E-state index is -0.899. The molecule has 0 bridgehead atoms. The van der Waals surface area contributed by atoms with Gasteiger partial charge in [0.1, 0.15) is 0 Å². The summed E-state index contributed by atoms with van der Waals surface area (Å²) in [6.45, 7) is 2.26. The van der Waals surface area contributed by atoms with Crippen molar-refractivity contribution in [1.82, 2.24) is 10.3 Å². The Bertz CT molecular complexity index is 420. The summed E-state index contributed by atoms with van der Waals surface area (Å²) >= 11 is 0. The summed E-state index contributed by atoms with van der Waals surface area (Å²) < 4.78 is 0. The van der Waals surface area contributed by atoms with Crippen molar-refractivity contribution in [3.05, 3.63) is 29.6 Å². The first kappa shape index (κ1) is 13.1. The number of nitrogens with zero attached hydrogens (tertiary/aromatic N) is 1. The van der Waals surface area contributed by atoms with Crippen molar-refractivity contribution in [3.8, 4) is 0 Å². The van der Waals surface area contributed by atoms with Gasteiger partial charge in [-0.15, -0.1) is 0 Å². The number of hydrogen-bond acceptors (Lipinski definition) is 4. The average Bonchev–Trinajstić information content (AvgIpc) is 2.26. The lowest BCUT2D eigenvalue weighted by atomic mass is 10.1. The minimum absolute atomic E-state index is 0.155. The van der Waals surface area contributed by atoms with Crippen molar-refractivity contribution >= 4 is 11.8 Å². The Morgan fingerprint density at radius 3 is 2.82 bits per heavy atom. The van der Waals surface area contributed by atoms with Crippen molar-refractivity contribution in [1.29, 1.82) is 0 Å². The van der Waals surface area contributed by atoms with Gasteiger partial charge in [-0.3, -0.25) is 14.6 Å². The van der Waals surface area contributed by atoms with Gasteiger partial charge < -0.3 is 16.8 Å². The molecule has 2 amide bonds. The predicted molar refractivity (Wildman–Crippen MR) is 62.6 cm³/mol. The highest BCUT2D eigenvalue weighted by molar-refractivity contribution is 5.87. The van der Waals surface area contributed by atoms with Gasteiger partial charge in [-0.2, -0.15) is 0 Å². The van der Waals surface area contributed by atoms with Crippen molar-refractivity contribution in [2.75, 3.05) is 0 Å². The van der Waals surface area contributed by atoms with E-state index in [1.165, 1.54) is 0 Å². The molecule has 1 rings (SSSR count). The van der Waals surface area contributed by atoms with Gasteiger partial charge in [-0.1, -0.05) is 0 Å². The molecule has 5 N–H and O–H groups in total. The first-order chi connectivity index (χ1) is 8.00. The van der Waals surface area contributed by atoms with Gasteiger partial charge in [0, 0.05) is 18.9 Å². The van der Waals surface area contributed by atoms with Crippen LogP contribution < -0.4 is 16.8 Å². The summed E-state index contributed by atoms with van der Waals surface area (Å²) in [5.41, 5.74) is 12.4. The van der Waals surface area contributed by atoms with Crippen molar-refractivity contribution < 1.29 is 9.59 Å². The molecule has 1 heterocycles. The van der Waals surface area contributed by atoms with Crippen molar-refractivity contribution in [3.63, 3.8) is 0 Å². The van der Waals surface area contributed by atoms with Crippen molar-refractivity contribution in [2.45, 2.75) is 25.9 Å². The third-order valence-electron chi connectivity index (χ3n) is 2.36. The van der Waals surface area contributed by atoms with Gasteiger partial charge >= 0.3 is 0 Å². The summed E-state index contributed by atoms with van der Waals surface area (Å²) in [5.74, 6) is -0.989. The largest absolute Gasteiger partial charge is 0.370 e. The summed E-state index contributed by atoms with van der Waals surface area (Å²) in [6, 6.07) is 0.953. The summed E-state index contributed by atoms with van der Waals surface area (Å²) in [6.07, 6.45) is 3.20. The van der Waals surface area contributed by atoms with Crippen LogP contribution in [-0.2, 0) is 16.1 Å². The highest BCUT2D eigenvalue weighted by Crippen LogP contribution is 2.04. The Kier molecular flexibility index (Phi) is 4.59. The number of aromatic nitrogens is 1. The van der Waals surface area contributed by atoms with E-state index in [0.717, 1.165) is 11.1 Å². The maximum atomic E-state index is 11.5. The molecule has 0 spiro atoms. The Labute approximate surface area is 99.4 Å². The Hall–Kier alpha value is -1.95. The monoisotopic (exact) mass is 236 g/mol. The molecule has 0 aromatic carbocycles. The van der Waals surface area contributed by atoms with E-state index in [0.29, 0.717) is 6.54 Å². The van der Waals surface area contributed by atoms with E-state index in [1.54, 1.807) is 12.4 Å². The Balaban J connectivity index is 2.48. The fraction of sp³-hybridized carbons (Fsp3) is 0.364.